The summed E-state index contributed by atoms with van der Waals surface area (Å²) in [6, 6.07) is 5.82. The van der Waals surface area contributed by atoms with E-state index in [1.54, 1.807) is 0 Å². The Kier molecular flexibility index (Phi) is 3.85. The van der Waals surface area contributed by atoms with Gasteiger partial charge in [-0.1, -0.05) is 12.1 Å². The number of nitrogens with one attached hydrogen (secondary N) is 2. The van der Waals surface area contributed by atoms with Gasteiger partial charge in [0.15, 0.2) is 0 Å². The standard InChI is InChI=1S/C12H11N3O4S/c16-12(17)6-3-9-1-4-11(5-2-9)20(18,19)15-10-7-13-14-8-10/h1-8,15H,(H,13,14)(H,16,17)/b6-3+. The van der Waals surface area contributed by atoms with Crippen molar-refractivity contribution in [3.63, 3.8) is 0 Å². The van der Waals surface area contributed by atoms with Crippen LogP contribution in [-0.2, 0) is 14.8 Å². The fraction of sp³-hybridized carbons (Fsp3) is 0. The molecule has 0 saturated heterocycles. The number of sulfonamides is 1. The van der Waals surface area contributed by atoms with Crippen molar-refractivity contribution >= 4 is 27.8 Å². The van der Waals surface area contributed by atoms with Gasteiger partial charge in [0, 0.05) is 12.3 Å². The average molecular weight is 293 g/mol. The highest BCUT2D eigenvalue weighted by Gasteiger charge is 2.14. The predicted octanol–water partition coefficient (Wildman–Crippen LogP) is 1.31. The first kappa shape index (κ1) is 13.8. The number of carbonyl (C=O) groups is 1. The van der Waals surface area contributed by atoms with Gasteiger partial charge in [-0.2, -0.15) is 5.10 Å². The number of benzene rings is 1. The van der Waals surface area contributed by atoms with Crippen LogP contribution in [0.25, 0.3) is 6.08 Å². The van der Waals surface area contributed by atoms with E-state index in [0.717, 1.165) is 6.08 Å². The molecule has 1 aromatic carbocycles. The van der Waals surface area contributed by atoms with Crippen LogP contribution in [0.15, 0.2) is 47.6 Å². The number of H-pyrrole nitrogens is 1. The van der Waals surface area contributed by atoms with E-state index >= 15 is 0 Å². The summed E-state index contributed by atoms with van der Waals surface area (Å²) >= 11 is 0. The number of nitrogens with zero attached hydrogens (tertiary/aromatic N) is 1. The fourth-order valence-electron chi connectivity index (χ4n) is 1.45. The molecule has 0 atom stereocenters. The number of carboxylic acids is 1. The lowest BCUT2D eigenvalue weighted by molar-refractivity contribution is -0.131. The third-order valence-electron chi connectivity index (χ3n) is 2.36. The zero-order chi connectivity index (χ0) is 14.6. The SMILES string of the molecule is O=C(O)/C=C/c1ccc(S(=O)(=O)Nc2cn[nH]c2)cc1. The maximum absolute atomic E-state index is 12.0. The minimum Gasteiger partial charge on any atom is -0.478 e. The highest BCUT2D eigenvalue weighted by Crippen LogP contribution is 2.15. The topological polar surface area (TPSA) is 112 Å². The zero-order valence-corrected chi connectivity index (χ0v) is 11.0. The molecule has 1 heterocycles. The van der Waals surface area contributed by atoms with Gasteiger partial charge in [0.1, 0.15) is 0 Å². The van der Waals surface area contributed by atoms with Gasteiger partial charge in [0.2, 0.25) is 0 Å². The van der Waals surface area contributed by atoms with Crippen LogP contribution in [0.2, 0.25) is 0 Å². The first-order valence-corrected chi connectivity index (χ1v) is 6.98. The second-order valence-corrected chi connectivity index (χ2v) is 5.52. The number of aromatic amines is 1. The van der Waals surface area contributed by atoms with Crippen molar-refractivity contribution in [2.45, 2.75) is 4.90 Å². The summed E-state index contributed by atoms with van der Waals surface area (Å²) in [5, 5.41) is 14.6. The van der Waals surface area contributed by atoms with Gasteiger partial charge in [-0.05, 0) is 23.8 Å². The monoisotopic (exact) mass is 293 g/mol. The van der Waals surface area contributed by atoms with Crippen molar-refractivity contribution in [3.8, 4) is 0 Å². The molecule has 104 valence electrons. The first-order valence-electron chi connectivity index (χ1n) is 5.50. The summed E-state index contributed by atoms with van der Waals surface area (Å²) in [6.07, 6.45) is 5.12. The second kappa shape index (κ2) is 5.57. The van der Waals surface area contributed by atoms with E-state index in [4.69, 9.17) is 5.11 Å². The van der Waals surface area contributed by atoms with Crippen LogP contribution in [-0.4, -0.2) is 29.7 Å². The van der Waals surface area contributed by atoms with Crippen molar-refractivity contribution in [1.82, 2.24) is 10.2 Å². The molecule has 7 nitrogen and oxygen atoms in total. The zero-order valence-electron chi connectivity index (χ0n) is 10.1. The molecule has 0 aliphatic rings. The molecule has 0 saturated carbocycles. The molecule has 0 aliphatic carbocycles. The van der Waals surface area contributed by atoms with E-state index in [1.807, 2.05) is 0 Å². The Balaban J connectivity index is 2.19. The summed E-state index contributed by atoms with van der Waals surface area (Å²) in [6.45, 7) is 0. The second-order valence-electron chi connectivity index (χ2n) is 3.83. The first-order chi connectivity index (χ1) is 9.47. The lowest BCUT2D eigenvalue weighted by Gasteiger charge is -2.05. The van der Waals surface area contributed by atoms with Gasteiger partial charge in [0.05, 0.1) is 16.8 Å². The summed E-state index contributed by atoms with van der Waals surface area (Å²) in [7, 11) is -3.68. The quantitative estimate of drug-likeness (QED) is 0.719. The minimum atomic E-state index is -3.68. The van der Waals surface area contributed by atoms with Crippen LogP contribution in [0, 0.1) is 0 Å². The lowest BCUT2D eigenvalue weighted by atomic mass is 10.2. The molecule has 8 heteroatoms. The Morgan fingerprint density at radius 2 is 2.00 bits per heavy atom. The van der Waals surface area contributed by atoms with Gasteiger partial charge in [-0.15, -0.1) is 0 Å². The molecule has 3 N–H and O–H groups in total. The molecular formula is C12H11N3O4S. The molecule has 0 spiro atoms. The van der Waals surface area contributed by atoms with Crippen molar-refractivity contribution in [3.05, 3.63) is 48.3 Å². The maximum Gasteiger partial charge on any atom is 0.328 e. The number of aliphatic carboxylic acids is 1. The van der Waals surface area contributed by atoms with E-state index in [2.05, 4.69) is 14.9 Å². The summed E-state index contributed by atoms with van der Waals surface area (Å²) < 4.78 is 26.4. The average Bonchev–Trinajstić information content (AvgIpc) is 2.89. The number of hydrogen-bond donors (Lipinski definition) is 3. The van der Waals surface area contributed by atoms with Gasteiger partial charge in [-0.3, -0.25) is 9.82 Å². The Bertz CT molecular complexity index is 719. The van der Waals surface area contributed by atoms with Gasteiger partial charge in [0.25, 0.3) is 10.0 Å². The Morgan fingerprint density at radius 3 is 2.55 bits per heavy atom. The van der Waals surface area contributed by atoms with E-state index in [0.29, 0.717) is 11.3 Å². The van der Waals surface area contributed by atoms with E-state index in [1.165, 1.54) is 42.7 Å². The number of rotatable bonds is 5. The Morgan fingerprint density at radius 1 is 1.30 bits per heavy atom. The fourth-order valence-corrected chi connectivity index (χ4v) is 2.48. The molecule has 0 radical (unpaired) electrons. The third-order valence-corrected chi connectivity index (χ3v) is 3.76. The van der Waals surface area contributed by atoms with E-state index < -0.39 is 16.0 Å². The predicted molar refractivity (Wildman–Crippen MR) is 72.5 cm³/mol. The van der Waals surface area contributed by atoms with Crippen molar-refractivity contribution < 1.29 is 18.3 Å². The number of hydrogen-bond acceptors (Lipinski definition) is 4. The summed E-state index contributed by atoms with van der Waals surface area (Å²) in [4.78, 5) is 10.5. The number of anilines is 1. The van der Waals surface area contributed by atoms with Crippen molar-refractivity contribution in [1.29, 1.82) is 0 Å². The summed E-state index contributed by atoms with van der Waals surface area (Å²) in [5.74, 6) is -1.07. The molecule has 0 aliphatic heterocycles. The van der Waals surface area contributed by atoms with Gasteiger partial charge >= 0.3 is 5.97 Å². The molecule has 0 unspecified atom stereocenters. The van der Waals surface area contributed by atoms with E-state index in [-0.39, 0.29) is 4.90 Å². The summed E-state index contributed by atoms with van der Waals surface area (Å²) in [5.41, 5.74) is 0.925. The molecule has 20 heavy (non-hydrogen) atoms. The highest BCUT2D eigenvalue weighted by atomic mass is 32.2. The van der Waals surface area contributed by atoms with Gasteiger partial charge < -0.3 is 5.11 Å². The lowest BCUT2D eigenvalue weighted by Crippen LogP contribution is -2.12. The van der Waals surface area contributed by atoms with E-state index in [9.17, 15) is 13.2 Å². The van der Waals surface area contributed by atoms with Crippen LogP contribution in [0.3, 0.4) is 0 Å². The normalized spacial score (nSPS) is 11.6. The van der Waals surface area contributed by atoms with Crippen LogP contribution in [0.4, 0.5) is 5.69 Å². The molecule has 0 bridgehead atoms. The van der Waals surface area contributed by atoms with Crippen LogP contribution < -0.4 is 4.72 Å². The third kappa shape index (κ3) is 3.45. The largest absolute Gasteiger partial charge is 0.478 e. The number of carboxylic acid groups (broad SMARTS) is 1. The smallest absolute Gasteiger partial charge is 0.328 e. The van der Waals surface area contributed by atoms with Gasteiger partial charge in [-0.25, -0.2) is 13.2 Å². The van der Waals surface area contributed by atoms with Crippen LogP contribution in [0.1, 0.15) is 5.56 Å². The van der Waals surface area contributed by atoms with Crippen molar-refractivity contribution in [2.24, 2.45) is 0 Å². The molecule has 0 amide bonds. The Hall–Kier alpha value is -2.61. The van der Waals surface area contributed by atoms with Crippen molar-refractivity contribution in [2.75, 3.05) is 4.72 Å². The molecular weight excluding hydrogens is 282 g/mol. The molecule has 2 aromatic rings. The number of aromatic nitrogens is 2. The van der Waals surface area contributed by atoms with Crippen LogP contribution in [0.5, 0.6) is 0 Å². The molecule has 0 fully saturated rings. The minimum absolute atomic E-state index is 0.0752. The Labute approximate surface area is 115 Å². The maximum atomic E-state index is 12.0. The highest BCUT2D eigenvalue weighted by molar-refractivity contribution is 7.92. The van der Waals surface area contributed by atoms with Crippen LogP contribution >= 0.6 is 0 Å². The molecule has 2 rings (SSSR count). The molecule has 1 aromatic heterocycles.